The number of fused-ring (bicyclic) bond motifs is 1. The summed E-state index contributed by atoms with van der Waals surface area (Å²) in [6.45, 7) is 4.73. The summed E-state index contributed by atoms with van der Waals surface area (Å²) in [5.41, 5.74) is 0.886. The highest BCUT2D eigenvalue weighted by molar-refractivity contribution is 7.89. The smallest absolute Gasteiger partial charge is 0.243 e. The summed E-state index contributed by atoms with van der Waals surface area (Å²) in [5.74, 6) is 2.04. The van der Waals surface area contributed by atoms with E-state index in [4.69, 9.17) is 19.4 Å². The third-order valence-electron chi connectivity index (χ3n) is 7.16. The summed E-state index contributed by atoms with van der Waals surface area (Å²) >= 11 is 0. The van der Waals surface area contributed by atoms with Gasteiger partial charge in [-0.2, -0.15) is 9.29 Å². The number of rotatable bonds is 10. The molecule has 3 heterocycles. The zero-order valence-electron chi connectivity index (χ0n) is 21.3. The molecule has 1 unspecified atom stereocenters. The van der Waals surface area contributed by atoms with Crippen molar-refractivity contribution in [2.24, 2.45) is 0 Å². The van der Waals surface area contributed by atoms with Gasteiger partial charge in [-0.25, -0.2) is 13.4 Å². The van der Waals surface area contributed by atoms with Crippen molar-refractivity contribution in [1.82, 2.24) is 24.5 Å². The second-order valence-corrected chi connectivity index (χ2v) is 11.5. The number of nitrogens with zero attached hydrogens (tertiary/aromatic N) is 4. The van der Waals surface area contributed by atoms with E-state index in [0.29, 0.717) is 61.8 Å². The fourth-order valence-electron chi connectivity index (χ4n) is 4.96. The van der Waals surface area contributed by atoms with E-state index in [2.05, 4.69) is 10.2 Å². The second kappa shape index (κ2) is 11.7. The van der Waals surface area contributed by atoms with Gasteiger partial charge >= 0.3 is 0 Å². The van der Waals surface area contributed by atoms with Crippen LogP contribution in [-0.4, -0.2) is 86.6 Å². The first-order valence-electron chi connectivity index (χ1n) is 13.0. The van der Waals surface area contributed by atoms with Crippen LogP contribution in [0.1, 0.15) is 25.1 Å². The van der Waals surface area contributed by atoms with Crippen LogP contribution in [-0.2, 0) is 16.4 Å². The van der Waals surface area contributed by atoms with Gasteiger partial charge in [0.1, 0.15) is 11.6 Å². The van der Waals surface area contributed by atoms with Crippen molar-refractivity contribution in [3.63, 3.8) is 0 Å². The highest BCUT2D eigenvalue weighted by atomic mass is 32.2. The molecule has 198 valence electrons. The van der Waals surface area contributed by atoms with Crippen LogP contribution in [0.5, 0.6) is 11.6 Å². The molecule has 0 radical (unpaired) electrons. The first-order valence-corrected chi connectivity index (χ1v) is 14.5. The number of hydrogen-bond donors (Lipinski definition) is 1. The van der Waals surface area contributed by atoms with Crippen molar-refractivity contribution in [2.75, 3.05) is 53.0 Å². The average Bonchev–Trinajstić information content (AvgIpc) is 3.46. The average molecular weight is 526 g/mol. The summed E-state index contributed by atoms with van der Waals surface area (Å²) < 4.78 is 38.9. The molecule has 37 heavy (non-hydrogen) atoms. The number of sulfonamides is 1. The minimum atomic E-state index is -3.52. The lowest BCUT2D eigenvalue weighted by Crippen LogP contribution is -2.49. The molecule has 9 nitrogen and oxygen atoms in total. The first-order chi connectivity index (χ1) is 18.0. The summed E-state index contributed by atoms with van der Waals surface area (Å²) in [6.07, 6.45) is 4.08. The third-order valence-corrected chi connectivity index (χ3v) is 9.08. The Morgan fingerprint density at radius 2 is 1.81 bits per heavy atom. The van der Waals surface area contributed by atoms with Gasteiger partial charge < -0.3 is 19.7 Å². The Morgan fingerprint density at radius 1 is 1.03 bits per heavy atom. The minimum absolute atomic E-state index is 0.294. The quantitative estimate of drug-likeness (QED) is 0.432. The van der Waals surface area contributed by atoms with Gasteiger partial charge in [0.05, 0.1) is 29.5 Å². The summed E-state index contributed by atoms with van der Waals surface area (Å²) in [4.78, 5) is 12.1. The normalized spacial score (nSPS) is 19.3. The van der Waals surface area contributed by atoms with E-state index < -0.39 is 10.0 Å². The van der Waals surface area contributed by atoms with Gasteiger partial charge in [-0.1, -0.05) is 12.1 Å². The van der Waals surface area contributed by atoms with Crippen LogP contribution in [0.15, 0.2) is 53.4 Å². The number of ether oxygens (including phenoxy) is 2. The highest BCUT2D eigenvalue weighted by Gasteiger charge is 2.28. The minimum Gasteiger partial charge on any atom is -0.497 e. The lowest BCUT2D eigenvalue weighted by molar-refractivity contribution is 0.189. The standard InChI is InChI=1S/C27H35N5O4S/c1-35-22-8-10-23(11-9-22)37(33,34)32-18-16-31(17-19-32)15-12-26-29-25-7-3-2-6-24(25)27(30-26)36-20-13-21-5-4-14-28-21/h2-3,6-11,21,28H,4-5,12-20H2,1H3. The molecule has 0 amide bonds. The number of piperazine rings is 1. The molecule has 2 aromatic carbocycles. The summed E-state index contributed by atoms with van der Waals surface area (Å²) in [5, 5.41) is 4.44. The molecule has 2 fully saturated rings. The van der Waals surface area contributed by atoms with E-state index in [1.165, 1.54) is 12.8 Å². The van der Waals surface area contributed by atoms with Gasteiger partial charge in [0.15, 0.2) is 0 Å². The van der Waals surface area contributed by atoms with Crippen LogP contribution in [0.2, 0.25) is 0 Å². The van der Waals surface area contributed by atoms with Crippen molar-refractivity contribution >= 4 is 20.9 Å². The molecular formula is C27H35N5O4S. The molecule has 0 bridgehead atoms. The number of benzene rings is 2. The van der Waals surface area contributed by atoms with Gasteiger partial charge in [-0.3, -0.25) is 0 Å². The van der Waals surface area contributed by atoms with Crippen molar-refractivity contribution in [1.29, 1.82) is 0 Å². The maximum atomic E-state index is 13.0. The van der Waals surface area contributed by atoms with E-state index in [0.717, 1.165) is 36.2 Å². The van der Waals surface area contributed by atoms with Crippen molar-refractivity contribution in [3.05, 3.63) is 54.4 Å². The Bertz CT molecular complexity index is 1290. The van der Waals surface area contributed by atoms with Gasteiger partial charge in [0.2, 0.25) is 15.9 Å². The molecule has 0 aliphatic carbocycles. The Morgan fingerprint density at radius 3 is 2.54 bits per heavy atom. The molecule has 5 rings (SSSR count). The number of nitrogens with one attached hydrogen (secondary N) is 1. The zero-order valence-corrected chi connectivity index (χ0v) is 22.1. The fourth-order valence-corrected chi connectivity index (χ4v) is 6.39. The number of aromatic nitrogens is 2. The molecular weight excluding hydrogens is 490 g/mol. The number of para-hydroxylation sites is 1. The Balaban J connectivity index is 1.17. The van der Waals surface area contributed by atoms with E-state index in [9.17, 15) is 8.42 Å². The van der Waals surface area contributed by atoms with Crippen LogP contribution in [0.3, 0.4) is 0 Å². The van der Waals surface area contributed by atoms with Crippen LogP contribution in [0, 0.1) is 0 Å². The molecule has 1 aromatic heterocycles. The Labute approximate surface area is 218 Å². The van der Waals surface area contributed by atoms with E-state index >= 15 is 0 Å². The van der Waals surface area contributed by atoms with Crippen molar-refractivity contribution < 1.29 is 17.9 Å². The topological polar surface area (TPSA) is 96.9 Å². The Kier molecular flexibility index (Phi) is 8.19. The van der Waals surface area contributed by atoms with Crippen LogP contribution >= 0.6 is 0 Å². The second-order valence-electron chi connectivity index (χ2n) is 9.56. The molecule has 2 aliphatic rings. The lowest BCUT2D eigenvalue weighted by atomic mass is 10.2. The third kappa shape index (κ3) is 6.20. The monoisotopic (exact) mass is 525 g/mol. The number of methoxy groups -OCH3 is 1. The predicted molar refractivity (Wildman–Crippen MR) is 143 cm³/mol. The molecule has 3 aromatic rings. The SMILES string of the molecule is COc1ccc(S(=O)(=O)N2CCN(CCc3nc(OCCC4CCCN4)c4ccccc4n3)CC2)cc1. The van der Waals surface area contributed by atoms with Crippen molar-refractivity contribution in [3.8, 4) is 11.6 Å². The lowest BCUT2D eigenvalue weighted by Gasteiger charge is -2.33. The predicted octanol–water partition coefficient (Wildman–Crippen LogP) is 2.71. The van der Waals surface area contributed by atoms with Gasteiger partial charge in [0.25, 0.3) is 0 Å². The van der Waals surface area contributed by atoms with Crippen LogP contribution in [0.25, 0.3) is 10.9 Å². The number of hydrogen-bond acceptors (Lipinski definition) is 8. The van der Waals surface area contributed by atoms with Gasteiger partial charge in [-0.05, 0) is 62.2 Å². The van der Waals surface area contributed by atoms with E-state index in [1.807, 2.05) is 24.3 Å². The van der Waals surface area contributed by atoms with Gasteiger partial charge in [-0.15, -0.1) is 0 Å². The molecule has 10 heteroatoms. The Hall–Kier alpha value is -2.79. The maximum absolute atomic E-state index is 13.0. The van der Waals surface area contributed by atoms with Crippen LogP contribution in [0.4, 0.5) is 0 Å². The maximum Gasteiger partial charge on any atom is 0.243 e. The molecule has 2 saturated heterocycles. The fraction of sp³-hybridized carbons (Fsp3) is 0.481. The van der Waals surface area contributed by atoms with E-state index in [-0.39, 0.29) is 0 Å². The first kappa shape index (κ1) is 25.8. The summed E-state index contributed by atoms with van der Waals surface area (Å²) in [7, 11) is -1.95. The van der Waals surface area contributed by atoms with E-state index in [1.54, 1.807) is 35.7 Å². The van der Waals surface area contributed by atoms with Gasteiger partial charge in [0, 0.05) is 45.2 Å². The molecule has 0 saturated carbocycles. The molecule has 0 spiro atoms. The molecule has 1 N–H and O–H groups in total. The zero-order chi connectivity index (χ0) is 25.7. The largest absolute Gasteiger partial charge is 0.497 e. The molecule has 2 aliphatic heterocycles. The highest BCUT2D eigenvalue weighted by Crippen LogP contribution is 2.24. The molecule has 1 atom stereocenters. The summed E-state index contributed by atoms with van der Waals surface area (Å²) in [6, 6.07) is 15.0. The van der Waals surface area contributed by atoms with Crippen LogP contribution < -0.4 is 14.8 Å². The van der Waals surface area contributed by atoms with Crippen molar-refractivity contribution in [2.45, 2.75) is 36.6 Å².